The molecule has 0 aromatic carbocycles. The van der Waals surface area contributed by atoms with E-state index in [1.54, 1.807) is 0 Å². The van der Waals surface area contributed by atoms with Gasteiger partial charge >= 0.3 is 13.3 Å². The average molecular weight is 343 g/mol. The van der Waals surface area contributed by atoms with E-state index in [0.717, 1.165) is 6.42 Å². The lowest BCUT2D eigenvalue weighted by Gasteiger charge is -2.32. The van der Waals surface area contributed by atoms with E-state index in [2.05, 4.69) is 4.98 Å². The smallest absolute Gasteiger partial charge is 0.398 e. The minimum Gasteiger partial charge on any atom is -0.398 e. The van der Waals surface area contributed by atoms with E-state index in [-0.39, 0.29) is 11.2 Å². The number of ether oxygens (including phenoxy) is 1. The van der Waals surface area contributed by atoms with Gasteiger partial charge in [0, 0.05) is 12.2 Å². The molecule has 2 aliphatic heterocycles. The standard InChI is InChI=1S/C16H21BF3NO3/c1-14(2)15(3,4)24-17(23-14)12-8-7-10(11-6-5-9-22-11)13(21-12)16(18,19)20/h7-8,11H,5-6,9H2,1-4H3. The first-order chi connectivity index (χ1) is 11.0. The average Bonchev–Trinajstić information content (AvgIpc) is 3.04. The molecule has 1 atom stereocenters. The van der Waals surface area contributed by atoms with Crippen LogP contribution in [-0.2, 0) is 20.2 Å². The molecule has 132 valence electrons. The van der Waals surface area contributed by atoms with Crippen LogP contribution in [0, 0.1) is 0 Å². The highest BCUT2D eigenvalue weighted by Crippen LogP contribution is 2.39. The van der Waals surface area contributed by atoms with E-state index in [9.17, 15) is 13.2 Å². The molecule has 2 saturated heterocycles. The molecule has 3 rings (SSSR count). The first-order valence-corrected chi connectivity index (χ1v) is 8.06. The fourth-order valence-corrected chi connectivity index (χ4v) is 2.89. The molecule has 0 spiro atoms. The molecular weight excluding hydrogens is 322 g/mol. The van der Waals surface area contributed by atoms with Crippen molar-refractivity contribution in [3.05, 3.63) is 23.4 Å². The van der Waals surface area contributed by atoms with Crippen molar-refractivity contribution in [2.75, 3.05) is 6.61 Å². The van der Waals surface area contributed by atoms with Gasteiger partial charge in [-0.3, -0.25) is 4.98 Å². The number of alkyl halides is 3. The van der Waals surface area contributed by atoms with Gasteiger partial charge < -0.3 is 14.0 Å². The summed E-state index contributed by atoms with van der Waals surface area (Å²) in [5.74, 6) is 0. The summed E-state index contributed by atoms with van der Waals surface area (Å²) in [4.78, 5) is 3.85. The molecule has 0 N–H and O–H groups in total. The molecule has 0 saturated carbocycles. The largest absolute Gasteiger partial charge is 0.514 e. The van der Waals surface area contributed by atoms with Crippen molar-refractivity contribution >= 4 is 12.7 Å². The van der Waals surface area contributed by atoms with Crippen LogP contribution in [-0.4, -0.2) is 29.9 Å². The summed E-state index contributed by atoms with van der Waals surface area (Å²) >= 11 is 0. The van der Waals surface area contributed by atoms with Gasteiger partial charge in [-0.05, 0) is 46.6 Å². The maximum Gasteiger partial charge on any atom is 0.514 e. The van der Waals surface area contributed by atoms with Gasteiger partial charge in [0.1, 0.15) is 5.69 Å². The highest BCUT2D eigenvalue weighted by Gasteiger charge is 2.53. The predicted octanol–water partition coefficient (Wildman–Crippen LogP) is 3.25. The van der Waals surface area contributed by atoms with Crippen LogP contribution in [0.25, 0.3) is 0 Å². The van der Waals surface area contributed by atoms with Crippen molar-refractivity contribution in [1.82, 2.24) is 4.98 Å². The van der Waals surface area contributed by atoms with E-state index < -0.39 is 36.3 Å². The number of aromatic nitrogens is 1. The number of hydrogen-bond acceptors (Lipinski definition) is 4. The molecule has 3 heterocycles. The molecular formula is C16H21BF3NO3. The Morgan fingerprint density at radius 1 is 1.12 bits per heavy atom. The quantitative estimate of drug-likeness (QED) is 0.773. The van der Waals surface area contributed by atoms with Gasteiger partial charge in [-0.25, -0.2) is 0 Å². The van der Waals surface area contributed by atoms with Crippen molar-refractivity contribution in [1.29, 1.82) is 0 Å². The second kappa shape index (κ2) is 5.71. The number of pyridine rings is 1. The highest BCUT2D eigenvalue weighted by molar-refractivity contribution is 6.61. The number of halogens is 3. The van der Waals surface area contributed by atoms with Crippen molar-refractivity contribution in [3.63, 3.8) is 0 Å². The molecule has 24 heavy (non-hydrogen) atoms. The van der Waals surface area contributed by atoms with E-state index >= 15 is 0 Å². The summed E-state index contributed by atoms with van der Waals surface area (Å²) in [5, 5.41) is 0. The first-order valence-electron chi connectivity index (χ1n) is 8.06. The molecule has 2 aliphatic rings. The zero-order chi connectivity index (χ0) is 17.8. The number of nitrogens with zero attached hydrogens (tertiary/aromatic N) is 1. The van der Waals surface area contributed by atoms with Crippen LogP contribution < -0.4 is 5.59 Å². The second-order valence-corrected chi connectivity index (χ2v) is 7.26. The van der Waals surface area contributed by atoms with E-state index in [4.69, 9.17) is 14.0 Å². The Hall–Kier alpha value is -1.12. The fourth-order valence-electron chi connectivity index (χ4n) is 2.89. The molecule has 8 heteroatoms. The third-order valence-electron chi connectivity index (χ3n) is 4.99. The van der Waals surface area contributed by atoms with Gasteiger partial charge in [-0.1, -0.05) is 6.07 Å². The number of rotatable bonds is 2. The van der Waals surface area contributed by atoms with Crippen LogP contribution in [0.2, 0.25) is 0 Å². The van der Waals surface area contributed by atoms with Gasteiger partial charge in [-0.15, -0.1) is 0 Å². The third-order valence-corrected chi connectivity index (χ3v) is 4.99. The zero-order valence-corrected chi connectivity index (χ0v) is 14.2. The molecule has 1 aromatic heterocycles. The molecule has 0 radical (unpaired) electrons. The van der Waals surface area contributed by atoms with Crippen molar-refractivity contribution in [2.45, 2.75) is 64.0 Å². The van der Waals surface area contributed by atoms with Crippen molar-refractivity contribution in [2.24, 2.45) is 0 Å². The Bertz CT molecular complexity index is 611. The minimum absolute atomic E-state index is 0.0836. The SMILES string of the molecule is CC1(C)OB(c2ccc(C3CCCO3)c(C(F)(F)F)n2)OC1(C)C. The van der Waals surface area contributed by atoms with Crippen LogP contribution in [0.1, 0.15) is 57.9 Å². The number of hydrogen-bond donors (Lipinski definition) is 0. The third kappa shape index (κ3) is 3.07. The van der Waals surface area contributed by atoms with Crippen LogP contribution in [0.5, 0.6) is 0 Å². The monoisotopic (exact) mass is 343 g/mol. The van der Waals surface area contributed by atoms with Crippen LogP contribution in [0.15, 0.2) is 12.1 Å². The van der Waals surface area contributed by atoms with Crippen molar-refractivity contribution in [3.8, 4) is 0 Å². The minimum atomic E-state index is -4.55. The van der Waals surface area contributed by atoms with Gasteiger partial charge in [0.2, 0.25) is 0 Å². The molecule has 4 nitrogen and oxygen atoms in total. The Labute approximate surface area is 139 Å². The molecule has 2 fully saturated rings. The first kappa shape index (κ1) is 17.7. The lowest BCUT2D eigenvalue weighted by atomic mass is 9.83. The topological polar surface area (TPSA) is 40.6 Å². The summed E-state index contributed by atoms with van der Waals surface area (Å²) in [6.07, 6.45) is -3.79. The van der Waals surface area contributed by atoms with Crippen LogP contribution in [0.4, 0.5) is 13.2 Å². The maximum absolute atomic E-state index is 13.5. The molecule has 1 aromatic rings. The molecule has 0 aliphatic carbocycles. The van der Waals surface area contributed by atoms with Gasteiger partial charge in [0.25, 0.3) is 0 Å². The molecule has 1 unspecified atom stereocenters. The Morgan fingerprint density at radius 2 is 1.75 bits per heavy atom. The zero-order valence-electron chi connectivity index (χ0n) is 14.2. The van der Waals surface area contributed by atoms with Gasteiger partial charge in [0.15, 0.2) is 0 Å². The Morgan fingerprint density at radius 3 is 2.25 bits per heavy atom. The Balaban J connectivity index is 1.97. The summed E-state index contributed by atoms with van der Waals surface area (Å²) in [6, 6.07) is 2.97. The van der Waals surface area contributed by atoms with Crippen LogP contribution in [0.3, 0.4) is 0 Å². The second-order valence-electron chi connectivity index (χ2n) is 7.26. The summed E-state index contributed by atoms with van der Waals surface area (Å²) in [7, 11) is -0.922. The van der Waals surface area contributed by atoms with Crippen molar-refractivity contribution < 1.29 is 27.2 Å². The lowest BCUT2D eigenvalue weighted by molar-refractivity contribution is -0.142. The van der Waals surface area contributed by atoms with E-state index in [1.165, 1.54) is 12.1 Å². The lowest BCUT2D eigenvalue weighted by Crippen LogP contribution is -2.41. The molecule has 0 bridgehead atoms. The fraction of sp³-hybridized carbons (Fsp3) is 0.688. The van der Waals surface area contributed by atoms with E-state index in [1.807, 2.05) is 27.7 Å². The summed E-state index contributed by atoms with van der Waals surface area (Å²) < 4.78 is 57.4. The van der Waals surface area contributed by atoms with Gasteiger partial charge in [0.05, 0.1) is 22.9 Å². The predicted molar refractivity (Wildman–Crippen MR) is 82.9 cm³/mol. The normalized spacial score (nSPS) is 26.1. The maximum atomic E-state index is 13.5. The van der Waals surface area contributed by atoms with E-state index in [0.29, 0.717) is 13.0 Å². The van der Waals surface area contributed by atoms with Gasteiger partial charge in [-0.2, -0.15) is 13.2 Å². The Kier molecular flexibility index (Phi) is 4.21. The van der Waals surface area contributed by atoms with Crippen LogP contribution >= 0.6 is 0 Å². The summed E-state index contributed by atoms with van der Waals surface area (Å²) in [5.41, 5.74) is -1.97. The highest BCUT2D eigenvalue weighted by atomic mass is 19.4. The summed E-state index contributed by atoms with van der Waals surface area (Å²) in [6.45, 7) is 7.86. The molecule has 0 amide bonds.